The van der Waals surface area contributed by atoms with Crippen LogP contribution in [-0.2, 0) is 16.1 Å². The number of rotatable bonds is 11. The first-order valence-electron chi connectivity index (χ1n) is 11.6. The van der Waals surface area contributed by atoms with Gasteiger partial charge in [-0.05, 0) is 36.2 Å². The highest BCUT2D eigenvalue weighted by Gasteiger charge is 2.27. The lowest BCUT2D eigenvalue weighted by atomic mass is 10.0. The number of nitrogens with zero attached hydrogens (tertiary/aromatic N) is 3. The number of hydrogen-bond donors (Lipinski definition) is 2. The zero-order chi connectivity index (χ0) is 27.8. The van der Waals surface area contributed by atoms with Crippen LogP contribution in [0.1, 0.15) is 46.4 Å². The molecule has 0 saturated carbocycles. The predicted octanol–water partition coefficient (Wildman–Crippen LogP) is 5.42. The number of amides is 2. The summed E-state index contributed by atoms with van der Waals surface area (Å²) >= 11 is 13.4. The van der Waals surface area contributed by atoms with E-state index in [-0.39, 0.29) is 39.6 Å². The summed E-state index contributed by atoms with van der Waals surface area (Å²) in [7, 11) is 1.28. The van der Waals surface area contributed by atoms with Gasteiger partial charge in [-0.25, -0.2) is 4.79 Å². The minimum Gasteiger partial charge on any atom is -0.465 e. The predicted molar refractivity (Wildman–Crippen MR) is 149 cm³/mol. The smallest absolute Gasteiger partial charge is 0.339 e. The van der Waals surface area contributed by atoms with Crippen molar-refractivity contribution in [2.75, 3.05) is 18.2 Å². The van der Waals surface area contributed by atoms with Crippen LogP contribution in [0.5, 0.6) is 0 Å². The number of ether oxygens (including phenoxy) is 1. The maximum Gasteiger partial charge on any atom is 0.339 e. The Morgan fingerprint density at radius 2 is 1.87 bits per heavy atom. The van der Waals surface area contributed by atoms with Crippen LogP contribution in [-0.4, -0.2) is 45.4 Å². The largest absolute Gasteiger partial charge is 0.465 e. The van der Waals surface area contributed by atoms with Gasteiger partial charge in [-0.15, -0.1) is 16.8 Å². The van der Waals surface area contributed by atoms with Gasteiger partial charge in [0.15, 0.2) is 11.0 Å². The van der Waals surface area contributed by atoms with Crippen LogP contribution in [0.3, 0.4) is 0 Å². The molecule has 1 aromatic heterocycles. The molecule has 1 atom stereocenters. The molecule has 1 heterocycles. The maximum absolute atomic E-state index is 13.0. The normalized spacial score (nSPS) is 11.6. The molecule has 0 unspecified atom stereocenters. The maximum atomic E-state index is 13.0. The molecule has 0 bridgehead atoms. The summed E-state index contributed by atoms with van der Waals surface area (Å²) in [4.78, 5) is 37.7. The molecule has 0 fully saturated rings. The van der Waals surface area contributed by atoms with E-state index in [4.69, 9.17) is 27.9 Å². The highest BCUT2D eigenvalue weighted by atomic mass is 35.5. The van der Waals surface area contributed by atoms with Gasteiger partial charge in [0.2, 0.25) is 5.91 Å². The van der Waals surface area contributed by atoms with E-state index in [0.717, 1.165) is 0 Å². The number of aromatic nitrogens is 3. The first kappa shape index (κ1) is 29.2. The van der Waals surface area contributed by atoms with Gasteiger partial charge in [-0.1, -0.05) is 67.0 Å². The van der Waals surface area contributed by atoms with E-state index >= 15 is 0 Å². The summed E-state index contributed by atoms with van der Waals surface area (Å²) in [6.07, 6.45) is 1.68. The van der Waals surface area contributed by atoms with E-state index < -0.39 is 12.0 Å². The molecule has 0 saturated heterocycles. The highest BCUT2D eigenvalue weighted by molar-refractivity contribution is 7.99. The Morgan fingerprint density at radius 3 is 2.53 bits per heavy atom. The molecule has 200 valence electrons. The molecule has 12 heteroatoms. The number of carbonyl (C=O) groups excluding carboxylic acids is 3. The third kappa shape index (κ3) is 7.15. The Hall–Kier alpha value is -3.34. The first-order valence-corrected chi connectivity index (χ1v) is 13.3. The van der Waals surface area contributed by atoms with Gasteiger partial charge in [0.25, 0.3) is 5.91 Å². The summed E-state index contributed by atoms with van der Waals surface area (Å²) < 4.78 is 6.57. The van der Waals surface area contributed by atoms with Gasteiger partial charge in [-0.2, -0.15) is 0 Å². The molecule has 0 aliphatic rings. The lowest BCUT2D eigenvalue weighted by Gasteiger charge is -2.23. The number of anilines is 1. The Kier molecular flexibility index (Phi) is 10.3. The average Bonchev–Trinajstić information content (AvgIpc) is 3.27. The number of para-hydroxylation sites is 1. The molecule has 3 rings (SSSR count). The fourth-order valence-corrected chi connectivity index (χ4v) is 4.81. The first-order chi connectivity index (χ1) is 18.2. The van der Waals surface area contributed by atoms with Crippen molar-refractivity contribution in [2.24, 2.45) is 5.92 Å². The number of halogens is 2. The van der Waals surface area contributed by atoms with Gasteiger partial charge in [0, 0.05) is 11.6 Å². The Bertz CT molecular complexity index is 1340. The fourth-order valence-electron chi connectivity index (χ4n) is 3.56. The molecule has 3 aromatic rings. The van der Waals surface area contributed by atoms with Crippen molar-refractivity contribution >= 4 is 58.4 Å². The van der Waals surface area contributed by atoms with Gasteiger partial charge in [0.05, 0.1) is 40.7 Å². The van der Waals surface area contributed by atoms with Crippen LogP contribution < -0.4 is 10.6 Å². The van der Waals surface area contributed by atoms with Gasteiger partial charge in [0.1, 0.15) is 0 Å². The number of nitrogens with one attached hydrogen (secondary N) is 2. The van der Waals surface area contributed by atoms with E-state index in [9.17, 15) is 14.4 Å². The highest BCUT2D eigenvalue weighted by Crippen LogP contribution is 2.27. The number of benzene rings is 2. The summed E-state index contributed by atoms with van der Waals surface area (Å²) in [6.45, 7) is 8.06. The summed E-state index contributed by atoms with van der Waals surface area (Å²) in [5, 5.41) is 15.5. The number of carbonyl (C=O) groups is 3. The van der Waals surface area contributed by atoms with E-state index in [1.165, 1.54) is 24.9 Å². The van der Waals surface area contributed by atoms with Crippen LogP contribution in [0, 0.1) is 5.92 Å². The van der Waals surface area contributed by atoms with Gasteiger partial charge < -0.3 is 19.9 Å². The molecule has 2 N–H and O–H groups in total. The van der Waals surface area contributed by atoms with Gasteiger partial charge in [-0.3, -0.25) is 9.59 Å². The SMILES string of the molecule is C=CCn1c(SCC(=O)Nc2ccccc2C(=O)OC)nnc1[C@@H](NC(=O)c1ccc(Cl)cc1Cl)C(C)C. The average molecular weight is 577 g/mol. The van der Waals surface area contributed by atoms with Crippen molar-refractivity contribution in [3.05, 3.63) is 82.1 Å². The van der Waals surface area contributed by atoms with Crippen molar-refractivity contribution in [2.45, 2.75) is 31.6 Å². The van der Waals surface area contributed by atoms with Crippen LogP contribution in [0.2, 0.25) is 10.0 Å². The molecular weight excluding hydrogens is 549 g/mol. The van der Waals surface area contributed by atoms with E-state index in [1.54, 1.807) is 47.0 Å². The second kappa shape index (κ2) is 13.5. The molecule has 2 amide bonds. The Morgan fingerprint density at radius 1 is 1.13 bits per heavy atom. The number of hydrogen-bond acceptors (Lipinski definition) is 7. The van der Waals surface area contributed by atoms with Crippen molar-refractivity contribution in [1.29, 1.82) is 0 Å². The van der Waals surface area contributed by atoms with Crippen LogP contribution in [0.4, 0.5) is 5.69 Å². The third-order valence-corrected chi connectivity index (χ3v) is 6.92. The second-order valence-electron chi connectivity index (χ2n) is 8.43. The number of allylic oxidation sites excluding steroid dienone is 1. The Labute approximate surface area is 234 Å². The van der Waals surface area contributed by atoms with E-state index in [0.29, 0.717) is 28.2 Å². The van der Waals surface area contributed by atoms with Crippen molar-refractivity contribution < 1.29 is 19.1 Å². The van der Waals surface area contributed by atoms with Crippen LogP contribution in [0.15, 0.2) is 60.3 Å². The topological polar surface area (TPSA) is 115 Å². The molecule has 0 spiro atoms. The minimum atomic E-state index is -0.550. The van der Waals surface area contributed by atoms with E-state index in [2.05, 4.69) is 27.4 Å². The molecule has 2 aromatic carbocycles. The minimum absolute atomic E-state index is 0.00384. The zero-order valence-electron chi connectivity index (χ0n) is 21.0. The molecule has 9 nitrogen and oxygen atoms in total. The molecular formula is C26H27Cl2N5O4S. The van der Waals surface area contributed by atoms with Crippen molar-refractivity contribution in [1.82, 2.24) is 20.1 Å². The van der Waals surface area contributed by atoms with Crippen LogP contribution in [0.25, 0.3) is 0 Å². The summed E-state index contributed by atoms with van der Waals surface area (Å²) in [5.74, 6) is -0.802. The molecule has 0 radical (unpaired) electrons. The molecule has 0 aliphatic heterocycles. The van der Waals surface area contributed by atoms with Gasteiger partial charge >= 0.3 is 5.97 Å². The number of esters is 1. The lowest BCUT2D eigenvalue weighted by Crippen LogP contribution is -2.34. The fraction of sp³-hybridized carbons (Fsp3) is 0.269. The quantitative estimate of drug-likeness (QED) is 0.178. The lowest BCUT2D eigenvalue weighted by molar-refractivity contribution is -0.113. The molecule has 38 heavy (non-hydrogen) atoms. The van der Waals surface area contributed by atoms with E-state index in [1.807, 2.05) is 13.8 Å². The van der Waals surface area contributed by atoms with Crippen molar-refractivity contribution in [3.63, 3.8) is 0 Å². The third-order valence-electron chi connectivity index (χ3n) is 5.40. The zero-order valence-corrected chi connectivity index (χ0v) is 23.4. The standard InChI is InChI=1S/C26H27Cl2N5O4S/c1-5-12-33-23(22(15(2)3)30-24(35)17-11-10-16(27)13-19(17)28)31-32-26(33)38-14-21(34)29-20-9-7-6-8-18(20)25(36)37-4/h5-11,13,15,22H,1,12,14H2,2-4H3,(H,29,34)(H,30,35)/t22-/m0/s1. The number of methoxy groups -OCH3 is 1. The second-order valence-corrected chi connectivity index (χ2v) is 10.2. The summed E-state index contributed by atoms with van der Waals surface area (Å²) in [5.41, 5.74) is 0.887. The van der Waals surface area contributed by atoms with Crippen LogP contribution >= 0.6 is 35.0 Å². The Balaban J connectivity index is 1.78. The monoisotopic (exact) mass is 575 g/mol. The number of thioether (sulfide) groups is 1. The molecule has 0 aliphatic carbocycles. The van der Waals surface area contributed by atoms with Crippen molar-refractivity contribution in [3.8, 4) is 0 Å². The summed E-state index contributed by atoms with van der Waals surface area (Å²) in [6, 6.07) is 10.7.